The Hall–Kier alpha value is -3.23. The fourth-order valence-electron chi connectivity index (χ4n) is 3.66. The minimum Gasteiger partial charge on any atom is -0.267 e. The summed E-state index contributed by atoms with van der Waals surface area (Å²) in [4.78, 5) is 13.4. The Morgan fingerprint density at radius 2 is 1.72 bits per heavy atom. The van der Waals surface area contributed by atoms with Gasteiger partial charge in [-0.25, -0.2) is 4.68 Å². The Labute approximate surface area is 177 Å². The van der Waals surface area contributed by atoms with Crippen LogP contribution >= 0.6 is 15.9 Å². The van der Waals surface area contributed by atoms with Crippen LogP contribution < -0.4 is 5.56 Å². The van der Waals surface area contributed by atoms with Gasteiger partial charge < -0.3 is 0 Å². The van der Waals surface area contributed by atoms with Crippen molar-refractivity contribution in [2.24, 2.45) is 0 Å². The van der Waals surface area contributed by atoms with Gasteiger partial charge in [-0.15, -0.1) is 0 Å². The molecular weight excluding hydrogens is 426 g/mol. The monoisotopic (exact) mass is 443 g/mol. The van der Waals surface area contributed by atoms with Crippen LogP contribution in [0.3, 0.4) is 0 Å². The van der Waals surface area contributed by atoms with E-state index >= 15 is 0 Å². The first-order valence-electron chi connectivity index (χ1n) is 9.24. The normalized spacial score (nSPS) is 13.0. The number of nitrogens with zero attached hydrogens (tertiary/aromatic N) is 3. The Morgan fingerprint density at radius 1 is 1.03 bits per heavy atom. The number of aromatic nitrogens is 2. The number of hydrogen-bond acceptors (Lipinski definition) is 3. The first kappa shape index (κ1) is 19.1. The molecule has 4 rings (SSSR count). The number of fused-ring (bicyclic) bond motifs is 1. The van der Waals surface area contributed by atoms with E-state index in [4.69, 9.17) is 0 Å². The maximum atomic E-state index is 13.4. The average molecular weight is 444 g/mol. The highest BCUT2D eigenvalue weighted by molar-refractivity contribution is 9.10. The molecule has 0 aliphatic carbocycles. The van der Waals surface area contributed by atoms with Crippen molar-refractivity contribution < 1.29 is 0 Å². The molecule has 0 N–H and O–H groups in total. The van der Waals surface area contributed by atoms with E-state index in [1.54, 1.807) is 13.1 Å². The summed E-state index contributed by atoms with van der Waals surface area (Å²) in [6, 6.07) is 25.8. The Bertz CT molecular complexity index is 1290. The first-order chi connectivity index (χ1) is 14.0. The third-order valence-corrected chi connectivity index (χ3v) is 5.87. The summed E-state index contributed by atoms with van der Waals surface area (Å²) < 4.78 is 1.96. The van der Waals surface area contributed by atoms with Crippen LogP contribution in [0.4, 0.5) is 0 Å². The summed E-state index contributed by atoms with van der Waals surface area (Å²) in [7, 11) is 0. The molecule has 1 aromatic heterocycles. The van der Waals surface area contributed by atoms with Crippen LogP contribution in [0.25, 0.3) is 10.8 Å². The van der Waals surface area contributed by atoms with Crippen LogP contribution in [0.2, 0.25) is 0 Å². The van der Waals surface area contributed by atoms with E-state index in [-0.39, 0.29) is 5.56 Å². The van der Waals surface area contributed by atoms with Crippen LogP contribution in [0, 0.1) is 11.3 Å². The topological polar surface area (TPSA) is 58.7 Å². The summed E-state index contributed by atoms with van der Waals surface area (Å²) in [5.74, 6) is 0. The standard InChI is InChI=1S/C24H18BrN3O/c1-24(16-26,19-11-3-2-4-12-19)22-21(25)14-27-28(23(22)29)15-18-10-7-9-17-8-5-6-13-20(17)18/h2-14H,15H2,1H3. The minimum atomic E-state index is -1.10. The molecular formula is C24H18BrN3O. The lowest BCUT2D eigenvalue weighted by molar-refractivity contribution is 0.604. The molecule has 0 radical (unpaired) electrons. The molecule has 0 aliphatic heterocycles. The van der Waals surface area contributed by atoms with Crippen LogP contribution in [-0.2, 0) is 12.0 Å². The van der Waals surface area contributed by atoms with Crippen molar-refractivity contribution >= 4 is 26.7 Å². The van der Waals surface area contributed by atoms with Crippen molar-refractivity contribution in [3.05, 3.63) is 111 Å². The zero-order valence-corrected chi connectivity index (χ0v) is 17.4. The van der Waals surface area contributed by atoms with Gasteiger partial charge in [-0.05, 0) is 44.8 Å². The van der Waals surface area contributed by atoms with Gasteiger partial charge >= 0.3 is 0 Å². The maximum Gasteiger partial charge on any atom is 0.273 e. The van der Waals surface area contributed by atoms with Crippen molar-refractivity contribution in [1.29, 1.82) is 5.26 Å². The lowest BCUT2D eigenvalue weighted by Crippen LogP contribution is -2.36. The number of rotatable bonds is 4. The molecule has 0 fully saturated rings. The SMILES string of the molecule is CC(C#N)(c1ccccc1)c1c(Br)cnn(Cc2cccc3ccccc23)c1=O. The number of halogens is 1. The van der Waals surface area contributed by atoms with E-state index in [0.29, 0.717) is 16.6 Å². The molecule has 1 unspecified atom stereocenters. The second-order valence-electron chi connectivity index (χ2n) is 7.07. The van der Waals surface area contributed by atoms with Crippen LogP contribution in [0.5, 0.6) is 0 Å². The third kappa shape index (κ3) is 3.37. The molecule has 0 aliphatic rings. The van der Waals surface area contributed by atoms with E-state index in [2.05, 4.69) is 27.1 Å². The predicted octanol–water partition coefficient (Wildman–Crippen LogP) is 5.04. The highest BCUT2D eigenvalue weighted by atomic mass is 79.9. The lowest BCUT2D eigenvalue weighted by Gasteiger charge is -2.23. The third-order valence-electron chi connectivity index (χ3n) is 5.27. The van der Waals surface area contributed by atoms with E-state index in [1.807, 2.05) is 72.8 Å². The lowest BCUT2D eigenvalue weighted by atomic mass is 9.78. The quantitative estimate of drug-likeness (QED) is 0.443. The number of hydrogen-bond donors (Lipinski definition) is 0. The second kappa shape index (κ2) is 7.65. The van der Waals surface area contributed by atoms with Crippen LogP contribution in [0.1, 0.15) is 23.6 Å². The van der Waals surface area contributed by atoms with Gasteiger partial charge in [-0.1, -0.05) is 72.8 Å². The maximum absolute atomic E-state index is 13.4. The van der Waals surface area contributed by atoms with E-state index in [9.17, 15) is 10.1 Å². The molecule has 1 atom stereocenters. The van der Waals surface area contributed by atoms with E-state index in [1.165, 1.54) is 4.68 Å². The summed E-state index contributed by atoms with van der Waals surface area (Å²) in [5, 5.41) is 16.5. The molecule has 5 heteroatoms. The molecule has 0 spiro atoms. The zero-order valence-electron chi connectivity index (χ0n) is 15.8. The predicted molar refractivity (Wildman–Crippen MR) is 118 cm³/mol. The molecule has 0 saturated carbocycles. The van der Waals surface area contributed by atoms with Crippen molar-refractivity contribution in [1.82, 2.24) is 9.78 Å². The summed E-state index contributed by atoms with van der Waals surface area (Å²) in [5.41, 5.74) is 0.787. The summed E-state index contributed by atoms with van der Waals surface area (Å²) in [6.07, 6.45) is 1.60. The van der Waals surface area contributed by atoms with Gasteiger partial charge in [0, 0.05) is 4.47 Å². The fourth-order valence-corrected chi connectivity index (χ4v) is 4.32. The Morgan fingerprint density at radius 3 is 2.48 bits per heavy atom. The van der Waals surface area contributed by atoms with Gasteiger partial charge in [0.05, 0.1) is 24.4 Å². The Kier molecular flexibility index (Phi) is 5.04. The molecule has 0 bridgehead atoms. The van der Waals surface area contributed by atoms with E-state index in [0.717, 1.165) is 21.9 Å². The number of benzene rings is 3. The summed E-state index contributed by atoms with van der Waals surface area (Å²) >= 11 is 3.45. The van der Waals surface area contributed by atoms with E-state index < -0.39 is 5.41 Å². The smallest absolute Gasteiger partial charge is 0.267 e. The van der Waals surface area contributed by atoms with Gasteiger partial charge in [0.25, 0.3) is 5.56 Å². The molecule has 1 heterocycles. The van der Waals surface area contributed by atoms with Gasteiger partial charge in [0.15, 0.2) is 0 Å². The Balaban J connectivity index is 1.86. The molecule has 4 aromatic rings. The average Bonchev–Trinajstić information content (AvgIpc) is 2.76. The van der Waals surface area contributed by atoms with Crippen LogP contribution in [0.15, 0.2) is 88.3 Å². The molecule has 29 heavy (non-hydrogen) atoms. The van der Waals surface area contributed by atoms with Crippen molar-refractivity contribution in [2.45, 2.75) is 18.9 Å². The van der Waals surface area contributed by atoms with Crippen LogP contribution in [-0.4, -0.2) is 9.78 Å². The molecule has 3 aromatic carbocycles. The molecule has 142 valence electrons. The highest BCUT2D eigenvalue weighted by Crippen LogP contribution is 2.33. The molecule has 0 amide bonds. The van der Waals surface area contributed by atoms with Gasteiger partial charge in [-0.3, -0.25) is 4.79 Å². The minimum absolute atomic E-state index is 0.278. The molecule has 4 nitrogen and oxygen atoms in total. The van der Waals surface area contributed by atoms with Crippen molar-refractivity contribution in [2.75, 3.05) is 0 Å². The first-order valence-corrected chi connectivity index (χ1v) is 10.0. The van der Waals surface area contributed by atoms with Crippen molar-refractivity contribution in [3.63, 3.8) is 0 Å². The van der Waals surface area contributed by atoms with Gasteiger partial charge in [0.2, 0.25) is 0 Å². The second-order valence-corrected chi connectivity index (χ2v) is 7.93. The molecule has 0 saturated heterocycles. The number of nitriles is 1. The largest absolute Gasteiger partial charge is 0.273 e. The fraction of sp³-hybridized carbons (Fsp3) is 0.125. The van der Waals surface area contributed by atoms with Gasteiger partial charge in [-0.2, -0.15) is 10.4 Å². The van der Waals surface area contributed by atoms with Crippen molar-refractivity contribution in [3.8, 4) is 6.07 Å². The zero-order chi connectivity index (χ0) is 20.4. The summed E-state index contributed by atoms with van der Waals surface area (Å²) in [6.45, 7) is 2.10. The van der Waals surface area contributed by atoms with Gasteiger partial charge in [0.1, 0.15) is 5.41 Å². The highest BCUT2D eigenvalue weighted by Gasteiger charge is 2.34.